The van der Waals surface area contributed by atoms with Gasteiger partial charge in [-0.15, -0.1) is 0 Å². The minimum Gasteiger partial charge on any atom is -0.445 e. The fourth-order valence-electron chi connectivity index (χ4n) is 1.79. The Labute approximate surface area is 101 Å². The van der Waals surface area contributed by atoms with Gasteiger partial charge >= 0.3 is 6.09 Å². The minimum atomic E-state index is -0.235. The van der Waals surface area contributed by atoms with Crippen molar-refractivity contribution in [3.8, 4) is 0 Å². The number of rotatable bonds is 5. The number of hydrogen-bond acceptors (Lipinski definition) is 3. The standard InChI is InChI=1S/C13H17NO3/c1-11-9-14(13(15)17-11)7-8-16-10-12-5-3-2-4-6-12/h2-6,11H,7-10H2,1H3/t11-/m0/s1. The monoisotopic (exact) mass is 235 g/mol. The van der Waals surface area contributed by atoms with Crippen LogP contribution in [0.1, 0.15) is 12.5 Å². The van der Waals surface area contributed by atoms with E-state index in [1.165, 1.54) is 0 Å². The lowest BCUT2D eigenvalue weighted by Crippen LogP contribution is -2.28. The van der Waals surface area contributed by atoms with Crippen LogP contribution in [0.2, 0.25) is 0 Å². The third-order valence-corrected chi connectivity index (χ3v) is 2.65. The SMILES string of the molecule is C[C@H]1CN(CCOCc2ccccc2)C(=O)O1. The zero-order valence-corrected chi connectivity index (χ0v) is 9.96. The molecule has 4 nitrogen and oxygen atoms in total. The molecule has 0 radical (unpaired) electrons. The highest BCUT2D eigenvalue weighted by Crippen LogP contribution is 2.09. The smallest absolute Gasteiger partial charge is 0.410 e. The molecule has 17 heavy (non-hydrogen) atoms. The van der Waals surface area contributed by atoms with Crippen molar-refractivity contribution in [2.75, 3.05) is 19.7 Å². The number of carbonyl (C=O) groups is 1. The molecular formula is C13H17NO3. The van der Waals surface area contributed by atoms with Crippen LogP contribution in [0.4, 0.5) is 4.79 Å². The number of benzene rings is 1. The number of cyclic esters (lactones) is 1. The van der Waals surface area contributed by atoms with Crippen LogP contribution in [-0.4, -0.2) is 36.8 Å². The van der Waals surface area contributed by atoms with Gasteiger partial charge in [0.15, 0.2) is 0 Å². The van der Waals surface area contributed by atoms with E-state index in [9.17, 15) is 4.79 Å². The summed E-state index contributed by atoms with van der Waals surface area (Å²) in [5.74, 6) is 0. The highest BCUT2D eigenvalue weighted by Gasteiger charge is 2.27. The summed E-state index contributed by atoms with van der Waals surface area (Å²) in [6.07, 6.45) is -0.238. The Hall–Kier alpha value is -1.55. The van der Waals surface area contributed by atoms with Gasteiger partial charge in [-0.05, 0) is 12.5 Å². The zero-order valence-electron chi connectivity index (χ0n) is 9.96. The van der Waals surface area contributed by atoms with E-state index in [1.54, 1.807) is 4.90 Å². The Morgan fingerprint density at radius 3 is 2.82 bits per heavy atom. The van der Waals surface area contributed by atoms with Crippen molar-refractivity contribution in [3.05, 3.63) is 35.9 Å². The molecule has 0 unspecified atom stereocenters. The number of carbonyl (C=O) groups excluding carboxylic acids is 1. The van der Waals surface area contributed by atoms with E-state index < -0.39 is 0 Å². The number of amides is 1. The van der Waals surface area contributed by atoms with Gasteiger partial charge in [-0.1, -0.05) is 30.3 Å². The first-order valence-corrected chi connectivity index (χ1v) is 5.83. The third kappa shape index (κ3) is 3.46. The molecule has 0 aromatic heterocycles. The van der Waals surface area contributed by atoms with Crippen molar-refractivity contribution in [2.24, 2.45) is 0 Å². The molecule has 1 heterocycles. The molecule has 1 amide bonds. The Morgan fingerprint density at radius 1 is 1.41 bits per heavy atom. The van der Waals surface area contributed by atoms with Crippen LogP contribution in [0.3, 0.4) is 0 Å². The molecule has 0 aliphatic carbocycles. The van der Waals surface area contributed by atoms with Crippen molar-refractivity contribution in [1.82, 2.24) is 4.90 Å². The molecule has 2 rings (SSSR count). The molecule has 92 valence electrons. The second kappa shape index (κ2) is 5.68. The second-order valence-electron chi connectivity index (χ2n) is 4.18. The van der Waals surface area contributed by atoms with Crippen molar-refractivity contribution < 1.29 is 14.3 Å². The summed E-state index contributed by atoms with van der Waals surface area (Å²) in [4.78, 5) is 13.0. The summed E-state index contributed by atoms with van der Waals surface area (Å²) in [5, 5.41) is 0. The van der Waals surface area contributed by atoms with Gasteiger partial charge < -0.3 is 14.4 Å². The number of nitrogens with zero attached hydrogens (tertiary/aromatic N) is 1. The molecule has 0 spiro atoms. The van der Waals surface area contributed by atoms with Crippen LogP contribution >= 0.6 is 0 Å². The van der Waals surface area contributed by atoms with Gasteiger partial charge in [0.25, 0.3) is 0 Å². The predicted octanol–water partition coefficient (Wildman–Crippen LogP) is 2.04. The van der Waals surface area contributed by atoms with Crippen LogP contribution in [-0.2, 0) is 16.1 Å². The first kappa shape index (κ1) is 11.9. The fraction of sp³-hybridized carbons (Fsp3) is 0.462. The average molecular weight is 235 g/mol. The Balaban J connectivity index is 1.65. The summed E-state index contributed by atoms with van der Waals surface area (Å²) in [6, 6.07) is 9.99. The maximum atomic E-state index is 11.3. The first-order chi connectivity index (χ1) is 8.25. The summed E-state index contributed by atoms with van der Waals surface area (Å²) in [6.45, 7) is 4.27. The van der Waals surface area contributed by atoms with Gasteiger partial charge in [0.2, 0.25) is 0 Å². The van der Waals surface area contributed by atoms with Gasteiger partial charge in [-0.3, -0.25) is 0 Å². The van der Waals surface area contributed by atoms with Crippen LogP contribution in [0, 0.1) is 0 Å². The Kier molecular flexibility index (Phi) is 3.98. The lowest BCUT2D eigenvalue weighted by molar-refractivity contribution is 0.0984. The maximum Gasteiger partial charge on any atom is 0.410 e. The average Bonchev–Trinajstić information content (AvgIpc) is 2.65. The molecule has 1 aliphatic rings. The molecule has 1 aliphatic heterocycles. The molecule has 0 saturated carbocycles. The van der Waals surface area contributed by atoms with Crippen molar-refractivity contribution in [3.63, 3.8) is 0 Å². The Morgan fingerprint density at radius 2 is 2.18 bits per heavy atom. The second-order valence-corrected chi connectivity index (χ2v) is 4.18. The highest BCUT2D eigenvalue weighted by molar-refractivity contribution is 5.69. The molecule has 1 saturated heterocycles. The quantitative estimate of drug-likeness (QED) is 0.733. The summed E-state index contributed by atoms with van der Waals surface area (Å²) >= 11 is 0. The topological polar surface area (TPSA) is 38.8 Å². The molecule has 0 N–H and O–H groups in total. The zero-order chi connectivity index (χ0) is 12.1. The maximum absolute atomic E-state index is 11.3. The van der Waals surface area contributed by atoms with E-state index in [2.05, 4.69) is 0 Å². The van der Waals surface area contributed by atoms with E-state index >= 15 is 0 Å². The summed E-state index contributed by atoms with van der Waals surface area (Å²) in [7, 11) is 0. The van der Waals surface area contributed by atoms with Gasteiger partial charge in [0, 0.05) is 6.54 Å². The fourth-order valence-corrected chi connectivity index (χ4v) is 1.79. The van der Waals surface area contributed by atoms with Gasteiger partial charge in [-0.2, -0.15) is 0 Å². The molecule has 1 fully saturated rings. The van der Waals surface area contributed by atoms with E-state index in [4.69, 9.17) is 9.47 Å². The summed E-state index contributed by atoms with van der Waals surface area (Å²) < 4.78 is 10.5. The van der Waals surface area contributed by atoms with Crippen molar-refractivity contribution in [1.29, 1.82) is 0 Å². The van der Waals surface area contributed by atoms with Crippen LogP contribution in [0.25, 0.3) is 0 Å². The highest BCUT2D eigenvalue weighted by atomic mass is 16.6. The van der Waals surface area contributed by atoms with E-state index in [0.29, 0.717) is 26.3 Å². The van der Waals surface area contributed by atoms with Crippen LogP contribution < -0.4 is 0 Å². The van der Waals surface area contributed by atoms with E-state index in [1.807, 2.05) is 37.3 Å². The van der Waals surface area contributed by atoms with Gasteiger partial charge in [0.1, 0.15) is 6.10 Å². The predicted molar refractivity (Wildman–Crippen MR) is 63.6 cm³/mol. The third-order valence-electron chi connectivity index (χ3n) is 2.65. The Bertz CT molecular complexity index is 366. The lowest BCUT2D eigenvalue weighted by atomic mass is 10.2. The van der Waals surface area contributed by atoms with Crippen LogP contribution in [0.15, 0.2) is 30.3 Å². The number of ether oxygens (including phenoxy) is 2. The van der Waals surface area contributed by atoms with Crippen molar-refractivity contribution >= 4 is 6.09 Å². The minimum absolute atomic E-state index is 0.00313. The molecule has 0 bridgehead atoms. The molecular weight excluding hydrogens is 218 g/mol. The molecule has 1 aromatic carbocycles. The normalized spacial score (nSPS) is 19.5. The lowest BCUT2D eigenvalue weighted by Gasteiger charge is -2.12. The van der Waals surface area contributed by atoms with Gasteiger partial charge in [-0.25, -0.2) is 4.79 Å². The van der Waals surface area contributed by atoms with Crippen LogP contribution in [0.5, 0.6) is 0 Å². The summed E-state index contributed by atoms with van der Waals surface area (Å²) in [5.41, 5.74) is 1.14. The van der Waals surface area contributed by atoms with Crippen molar-refractivity contribution in [2.45, 2.75) is 19.6 Å². The van der Waals surface area contributed by atoms with E-state index in [-0.39, 0.29) is 12.2 Å². The first-order valence-electron chi connectivity index (χ1n) is 5.83. The molecule has 1 atom stereocenters. The largest absolute Gasteiger partial charge is 0.445 e. The van der Waals surface area contributed by atoms with E-state index in [0.717, 1.165) is 5.56 Å². The number of hydrogen-bond donors (Lipinski definition) is 0. The molecule has 1 aromatic rings. The van der Waals surface area contributed by atoms with Gasteiger partial charge in [0.05, 0.1) is 19.8 Å². The molecule has 4 heteroatoms.